The quantitative estimate of drug-likeness (QED) is 0.864. The molecule has 2 aliphatic rings. The predicted octanol–water partition coefficient (Wildman–Crippen LogP) is 2.11. The van der Waals surface area contributed by atoms with Gasteiger partial charge in [0.15, 0.2) is 0 Å². The van der Waals surface area contributed by atoms with Crippen molar-refractivity contribution in [2.75, 3.05) is 19.6 Å². The van der Waals surface area contributed by atoms with E-state index in [2.05, 4.69) is 5.32 Å². The summed E-state index contributed by atoms with van der Waals surface area (Å²) in [6, 6.07) is 7.71. The number of amides is 1. The lowest BCUT2D eigenvalue weighted by molar-refractivity contribution is -0.136. The summed E-state index contributed by atoms with van der Waals surface area (Å²) in [5, 5.41) is 12.5. The summed E-state index contributed by atoms with van der Waals surface area (Å²) in [6.45, 7) is 3.15. The average molecular weight is 337 g/mol. The van der Waals surface area contributed by atoms with Gasteiger partial charge in [-0.1, -0.05) is 23.7 Å². The van der Waals surface area contributed by atoms with Gasteiger partial charge in [0, 0.05) is 29.6 Å². The number of likely N-dealkylation sites (tertiary alicyclic amines) is 1. The highest BCUT2D eigenvalue weighted by Gasteiger charge is 2.48. The van der Waals surface area contributed by atoms with E-state index >= 15 is 0 Å². The molecule has 1 aromatic carbocycles. The van der Waals surface area contributed by atoms with Crippen LogP contribution in [0.4, 0.5) is 0 Å². The summed E-state index contributed by atoms with van der Waals surface area (Å²) < 4.78 is 0. The smallest absolute Gasteiger partial charge is 0.317 e. The molecule has 0 unspecified atom stereocenters. The maximum Gasteiger partial charge on any atom is 0.317 e. The third-order valence-corrected chi connectivity index (χ3v) is 5.07. The molecule has 1 aliphatic heterocycles. The molecule has 6 heteroatoms. The molecule has 0 aromatic heterocycles. The number of carbonyl (C=O) groups excluding carboxylic acids is 1. The molecule has 5 nitrogen and oxygen atoms in total. The first-order valence-electron chi connectivity index (χ1n) is 7.89. The van der Waals surface area contributed by atoms with E-state index in [-0.39, 0.29) is 29.8 Å². The molecule has 1 saturated heterocycles. The number of aliphatic carboxylic acids is 1. The minimum absolute atomic E-state index is 0.0373. The van der Waals surface area contributed by atoms with Crippen molar-refractivity contribution in [3.63, 3.8) is 0 Å². The van der Waals surface area contributed by atoms with Crippen LogP contribution in [-0.4, -0.2) is 47.1 Å². The minimum atomic E-state index is -0.876. The highest BCUT2D eigenvalue weighted by Crippen LogP contribution is 2.49. The van der Waals surface area contributed by atoms with E-state index in [4.69, 9.17) is 16.7 Å². The molecule has 1 aromatic rings. The Balaban J connectivity index is 1.57. The second-order valence-corrected chi connectivity index (χ2v) is 7.26. The van der Waals surface area contributed by atoms with Crippen LogP contribution in [0.2, 0.25) is 5.02 Å². The molecule has 0 radical (unpaired) electrons. The Morgan fingerprint density at radius 2 is 2.26 bits per heavy atom. The van der Waals surface area contributed by atoms with Crippen molar-refractivity contribution in [1.29, 1.82) is 0 Å². The van der Waals surface area contributed by atoms with Crippen molar-refractivity contribution in [3.8, 4) is 0 Å². The fraction of sp³-hybridized carbons (Fsp3) is 0.529. The number of nitrogens with zero attached hydrogens (tertiary/aromatic N) is 1. The van der Waals surface area contributed by atoms with Gasteiger partial charge in [0.2, 0.25) is 5.91 Å². The maximum absolute atomic E-state index is 12.7. The lowest BCUT2D eigenvalue weighted by atomic mass is 10.0. The summed E-state index contributed by atoms with van der Waals surface area (Å²) in [6.07, 6.45) is 1.65. The SMILES string of the molecule is C[C@]1(NCC(=O)O)CCN(C(=O)[C@H]2C[C@H]2c2cccc(Cl)c2)C1. The van der Waals surface area contributed by atoms with Gasteiger partial charge in [-0.25, -0.2) is 0 Å². The van der Waals surface area contributed by atoms with Gasteiger partial charge in [0.1, 0.15) is 0 Å². The third-order valence-electron chi connectivity index (χ3n) is 4.84. The number of hydrogen-bond acceptors (Lipinski definition) is 3. The van der Waals surface area contributed by atoms with Gasteiger partial charge in [0.25, 0.3) is 0 Å². The fourth-order valence-electron chi connectivity index (χ4n) is 3.39. The van der Waals surface area contributed by atoms with Crippen LogP contribution in [0, 0.1) is 5.92 Å². The molecule has 124 valence electrons. The molecule has 0 bridgehead atoms. The van der Waals surface area contributed by atoms with Gasteiger partial charge in [-0.05, 0) is 43.4 Å². The van der Waals surface area contributed by atoms with Gasteiger partial charge >= 0.3 is 5.97 Å². The lowest BCUT2D eigenvalue weighted by Crippen LogP contribution is -2.47. The zero-order chi connectivity index (χ0) is 16.6. The fourth-order valence-corrected chi connectivity index (χ4v) is 3.59. The van der Waals surface area contributed by atoms with E-state index < -0.39 is 5.97 Å². The maximum atomic E-state index is 12.7. The minimum Gasteiger partial charge on any atom is -0.480 e. The van der Waals surface area contributed by atoms with Crippen LogP contribution < -0.4 is 5.32 Å². The second kappa shape index (κ2) is 6.13. The van der Waals surface area contributed by atoms with Crippen molar-refractivity contribution in [2.24, 2.45) is 5.92 Å². The van der Waals surface area contributed by atoms with E-state index in [1.165, 1.54) is 0 Å². The Morgan fingerprint density at radius 3 is 2.96 bits per heavy atom. The Bertz CT molecular complexity index is 636. The number of nitrogens with one attached hydrogen (secondary N) is 1. The lowest BCUT2D eigenvalue weighted by Gasteiger charge is -2.25. The number of carbonyl (C=O) groups is 2. The van der Waals surface area contributed by atoms with Crippen LogP contribution in [0.25, 0.3) is 0 Å². The van der Waals surface area contributed by atoms with Crippen LogP contribution in [0.5, 0.6) is 0 Å². The Labute approximate surface area is 140 Å². The van der Waals surface area contributed by atoms with Crippen LogP contribution in [-0.2, 0) is 9.59 Å². The monoisotopic (exact) mass is 336 g/mol. The standard InChI is InChI=1S/C17H21ClN2O3/c1-17(19-9-15(21)22)5-6-20(10-17)16(23)14-8-13(14)11-3-2-4-12(18)7-11/h2-4,7,13-14,19H,5-6,8-10H2,1H3,(H,21,22)/t13-,14-,17-/m0/s1. The number of rotatable bonds is 5. The van der Waals surface area contributed by atoms with E-state index in [1.807, 2.05) is 36.1 Å². The molecule has 1 heterocycles. The zero-order valence-corrected chi connectivity index (χ0v) is 13.8. The van der Waals surface area contributed by atoms with E-state index in [9.17, 15) is 9.59 Å². The summed E-state index contributed by atoms with van der Waals surface area (Å²) in [4.78, 5) is 25.2. The molecule has 2 N–H and O–H groups in total. The molecule has 3 atom stereocenters. The molecular formula is C17H21ClN2O3. The van der Waals surface area contributed by atoms with Crippen molar-refractivity contribution in [2.45, 2.75) is 31.2 Å². The molecule has 1 amide bonds. The van der Waals surface area contributed by atoms with Crippen molar-refractivity contribution in [3.05, 3.63) is 34.9 Å². The summed E-state index contributed by atoms with van der Waals surface area (Å²) in [5.41, 5.74) is 0.816. The van der Waals surface area contributed by atoms with Crippen molar-refractivity contribution >= 4 is 23.5 Å². The van der Waals surface area contributed by atoms with Gasteiger partial charge in [-0.2, -0.15) is 0 Å². The Morgan fingerprint density at radius 1 is 1.48 bits per heavy atom. The molecule has 0 spiro atoms. The van der Waals surface area contributed by atoms with Gasteiger partial charge < -0.3 is 10.0 Å². The van der Waals surface area contributed by atoms with Gasteiger partial charge in [-0.3, -0.25) is 14.9 Å². The van der Waals surface area contributed by atoms with E-state index in [0.717, 1.165) is 18.4 Å². The number of benzene rings is 1. The van der Waals surface area contributed by atoms with Crippen LogP contribution in [0.15, 0.2) is 24.3 Å². The first-order chi connectivity index (χ1) is 10.9. The van der Waals surface area contributed by atoms with Gasteiger partial charge in [-0.15, -0.1) is 0 Å². The van der Waals surface area contributed by atoms with E-state index in [1.54, 1.807) is 0 Å². The first-order valence-corrected chi connectivity index (χ1v) is 8.27. The van der Waals surface area contributed by atoms with Crippen LogP contribution in [0.3, 0.4) is 0 Å². The predicted molar refractivity (Wildman–Crippen MR) is 87.5 cm³/mol. The highest BCUT2D eigenvalue weighted by atomic mass is 35.5. The molecule has 1 aliphatic carbocycles. The third kappa shape index (κ3) is 3.67. The average Bonchev–Trinajstić information content (AvgIpc) is 3.21. The summed E-state index contributed by atoms with van der Waals surface area (Å²) in [5.74, 6) is -0.398. The highest BCUT2D eigenvalue weighted by molar-refractivity contribution is 6.30. The van der Waals surface area contributed by atoms with Crippen LogP contribution >= 0.6 is 11.6 Å². The first kappa shape index (κ1) is 16.3. The Kier molecular flexibility index (Phi) is 4.34. The summed E-state index contributed by atoms with van der Waals surface area (Å²) >= 11 is 6.02. The normalized spacial score (nSPS) is 29.6. The van der Waals surface area contributed by atoms with E-state index in [0.29, 0.717) is 18.1 Å². The van der Waals surface area contributed by atoms with Crippen LogP contribution in [0.1, 0.15) is 31.2 Å². The Hall–Kier alpha value is -1.59. The molecule has 3 rings (SSSR count). The number of halogens is 1. The second-order valence-electron chi connectivity index (χ2n) is 6.82. The summed E-state index contributed by atoms with van der Waals surface area (Å²) in [7, 11) is 0. The molecular weight excluding hydrogens is 316 g/mol. The number of hydrogen-bond donors (Lipinski definition) is 2. The van der Waals surface area contributed by atoms with Gasteiger partial charge in [0.05, 0.1) is 6.54 Å². The number of carboxylic acids is 1. The van der Waals surface area contributed by atoms with Crippen molar-refractivity contribution < 1.29 is 14.7 Å². The topological polar surface area (TPSA) is 69.6 Å². The number of carboxylic acid groups (broad SMARTS) is 1. The molecule has 23 heavy (non-hydrogen) atoms. The molecule has 2 fully saturated rings. The largest absolute Gasteiger partial charge is 0.480 e. The van der Waals surface area contributed by atoms with Crippen molar-refractivity contribution in [1.82, 2.24) is 10.2 Å². The zero-order valence-electron chi connectivity index (χ0n) is 13.1. The molecule has 1 saturated carbocycles.